The van der Waals surface area contributed by atoms with E-state index in [9.17, 15) is 14.0 Å². The quantitative estimate of drug-likeness (QED) is 0.834. The molecule has 1 N–H and O–H groups in total. The van der Waals surface area contributed by atoms with Gasteiger partial charge in [0.15, 0.2) is 5.78 Å². The molecular weight excluding hydrogens is 331 g/mol. The molecule has 1 heterocycles. The Bertz CT molecular complexity index is 764. The number of nitrogens with zero attached hydrogens (tertiary/aromatic N) is 1. The zero-order chi connectivity index (χ0) is 18.5. The molecule has 4 nitrogen and oxygen atoms in total. The first-order chi connectivity index (χ1) is 12.5. The molecule has 0 aliphatic carbocycles. The first-order valence-electron chi connectivity index (χ1n) is 8.90. The molecule has 1 saturated heterocycles. The van der Waals surface area contributed by atoms with E-state index < -0.39 is 0 Å². The number of piperidine rings is 1. The van der Waals surface area contributed by atoms with Crippen molar-refractivity contribution in [2.45, 2.75) is 19.8 Å². The van der Waals surface area contributed by atoms with E-state index in [0.29, 0.717) is 5.69 Å². The Labute approximate surface area is 153 Å². The van der Waals surface area contributed by atoms with Crippen LogP contribution >= 0.6 is 0 Å². The summed E-state index contributed by atoms with van der Waals surface area (Å²) in [4.78, 5) is 26.8. The lowest BCUT2D eigenvalue weighted by atomic mass is 9.88. The van der Waals surface area contributed by atoms with E-state index in [1.165, 1.54) is 12.1 Å². The number of anilines is 1. The standard InChI is InChI=1S/C21H23FN2O2/c1-15-2-4-16(5-3-15)21(26)17-10-12-24(13-11-17)14-20(25)23-19-8-6-18(22)7-9-19/h2-9,17H,10-14H2,1H3,(H,23,25). The number of aryl methyl sites for hydroxylation is 1. The number of halogens is 1. The van der Waals surface area contributed by atoms with Crippen molar-refractivity contribution in [3.05, 3.63) is 65.5 Å². The highest BCUT2D eigenvalue weighted by Gasteiger charge is 2.26. The molecule has 0 unspecified atom stereocenters. The minimum Gasteiger partial charge on any atom is -0.325 e. The number of Topliss-reactive ketones (excluding diaryl/α,β-unsaturated/α-hetero) is 1. The van der Waals surface area contributed by atoms with Gasteiger partial charge in [-0.25, -0.2) is 4.39 Å². The molecule has 0 aromatic heterocycles. The smallest absolute Gasteiger partial charge is 0.238 e. The van der Waals surface area contributed by atoms with Crippen molar-refractivity contribution in [2.75, 3.05) is 25.0 Å². The van der Waals surface area contributed by atoms with Gasteiger partial charge in [0, 0.05) is 17.2 Å². The molecule has 1 aliphatic heterocycles. The molecule has 136 valence electrons. The van der Waals surface area contributed by atoms with Crippen molar-refractivity contribution in [2.24, 2.45) is 5.92 Å². The first kappa shape index (κ1) is 18.3. The summed E-state index contributed by atoms with van der Waals surface area (Å²) in [6.07, 6.45) is 1.52. The lowest BCUT2D eigenvalue weighted by Crippen LogP contribution is -2.40. The summed E-state index contributed by atoms with van der Waals surface area (Å²) in [7, 11) is 0. The van der Waals surface area contributed by atoms with Crippen molar-refractivity contribution in [1.82, 2.24) is 4.90 Å². The highest BCUT2D eigenvalue weighted by Crippen LogP contribution is 2.22. The van der Waals surface area contributed by atoms with Crippen molar-refractivity contribution in [3.8, 4) is 0 Å². The minimum absolute atomic E-state index is 0.0223. The molecule has 5 heteroatoms. The van der Waals surface area contributed by atoms with Crippen LogP contribution in [0.4, 0.5) is 10.1 Å². The van der Waals surface area contributed by atoms with E-state index in [1.807, 2.05) is 31.2 Å². The van der Waals surface area contributed by atoms with Gasteiger partial charge >= 0.3 is 0 Å². The first-order valence-corrected chi connectivity index (χ1v) is 8.90. The van der Waals surface area contributed by atoms with Crippen LogP contribution in [-0.2, 0) is 4.79 Å². The fourth-order valence-electron chi connectivity index (χ4n) is 3.24. The number of benzene rings is 2. The van der Waals surface area contributed by atoms with Gasteiger partial charge in [-0.2, -0.15) is 0 Å². The van der Waals surface area contributed by atoms with Gasteiger partial charge in [0.2, 0.25) is 5.91 Å². The Morgan fingerprint density at radius 1 is 1.04 bits per heavy atom. The van der Waals surface area contributed by atoms with Crippen LogP contribution < -0.4 is 5.32 Å². The molecule has 0 radical (unpaired) electrons. The molecule has 0 bridgehead atoms. The van der Waals surface area contributed by atoms with Crippen LogP contribution in [-0.4, -0.2) is 36.2 Å². The molecule has 26 heavy (non-hydrogen) atoms. The third kappa shape index (κ3) is 4.76. The second-order valence-electron chi connectivity index (χ2n) is 6.84. The van der Waals surface area contributed by atoms with E-state index in [-0.39, 0.29) is 30.0 Å². The Balaban J connectivity index is 1.47. The van der Waals surface area contributed by atoms with Gasteiger partial charge in [-0.05, 0) is 57.1 Å². The third-order valence-corrected chi connectivity index (χ3v) is 4.79. The number of likely N-dealkylation sites (tertiary alicyclic amines) is 1. The Morgan fingerprint density at radius 2 is 1.65 bits per heavy atom. The minimum atomic E-state index is -0.330. The highest BCUT2D eigenvalue weighted by atomic mass is 19.1. The summed E-state index contributed by atoms with van der Waals surface area (Å²) >= 11 is 0. The molecule has 1 fully saturated rings. The summed E-state index contributed by atoms with van der Waals surface area (Å²) in [6.45, 7) is 3.73. The molecule has 0 saturated carbocycles. The number of carbonyl (C=O) groups excluding carboxylic acids is 2. The summed E-state index contributed by atoms with van der Waals surface area (Å²) in [5.74, 6) is -0.238. The van der Waals surface area contributed by atoms with Crippen LogP contribution in [0.15, 0.2) is 48.5 Å². The zero-order valence-electron chi connectivity index (χ0n) is 14.9. The summed E-state index contributed by atoms with van der Waals surface area (Å²) in [5, 5.41) is 2.77. The molecule has 2 aromatic rings. The highest BCUT2D eigenvalue weighted by molar-refractivity contribution is 5.98. The molecule has 3 rings (SSSR count). The van der Waals surface area contributed by atoms with Gasteiger partial charge in [0.05, 0.1) is 6.54 Å². The molecule has 1 aliphatic rings. The predicted octanol–water partition coefficient (Wildman–Crippen LogP) is 3.67. The van der Waals surface area contributed by atoms with Crippen molar-refractivity contribution in [1.29, 1.82) is 0 Å². The normalized spacial score (nSPS) is 15.6. The lowest BCUT2D eigenvalue weighted by Gasteiger charge is -2.30. The number of carbonyl (C=O) groups is 2. The largest absolute Gasteiger partial charge is 0.325 e. The maximum Gasteiger partial charge on any atom is 0.238 e. The van der Waals surface area contributed by atoms with E-state index in [0.717, 1.165) is 37.1 Å². The van der Waals surface area contributed by atoms with Crippen molar-refractivity contribution >= 4 is 17.4 Å². The van der Waals surface area contributed by atoms with Crippen molar-refractivity contribution < 1.29 is 14.0 Å². The number of hydrogen-bond acceptors (Lipinski definition) is 3. The lowest BCUT2D eigenvalue weighted by molar-refractivity contribution is -0.117. The second-order valence-corrected chi connectivity index (χ2v) is 6.84. The number of nitrogens with one attached hydrogen (secondary N) is 1. The fraction of sp³-hybridized carbons (Fsp3) is 0.333. The topological polar surface area (TPSA) is 49.4 Å². The number of ketones is 1. The van der Waals surface area contributed by atoms with Crippen LogP contribution in [0.25, 0.3) is 0 Å². The summed E-state index contributed by atoms with van der Waals surface area (Å²) < 4.78 is 12.9. The molecular formula is C21H23FN2O2. The summed E-state index contributed by atoms with van der Waals surface area (Å²) in [5.41, 5.74) is 2.49. The van der Waals surface area contributed by atoms with Crippen LogP contribution in [0.5, 0.6) is 0 Å². The Morgan fingerprint density at radius 3 is 2.27 bits per heavy atom. The maximum atomic E-state index is 12.9. The van der Waals surface area contributed by atoms with Crippen LogP contribution in [0.2, 0.25) is 0 Å². The molecule has 1 amide bonds. The van der Waals surface area contributed by atoms with E-state index >= 15 is 0 Å². The third-order valence-electron chi connectivity index (χ3n) is 4.79. The van der Waals surface area contributed by atoms with Gasteiger partial charge in [-0.3, -0.25) is 14.5 Å². The van der Waals surface area contributed by atoms with Gasteiger partial charge in [0.1, 0.15) is 5.82 Å². The monoisotopic (exact) mass is 354 g/mol. The van der Waals surface area contributed by atoms with E-state index in [4.69, 9.17) is 0 Å². The average Bonchev–Trinajstić information content (AvgIpc) is 2.64. The van der Waals surface area contributed by atoms with Crippen LogP contribution in [0.1, 0.15) is 28.8 Å². The molecule has 0 atom stereocenters. The SMILES string of the molecule is Cc1ccc(C(=O)C2CCN(CC(=O)Nc3ccc(F)cc3)CC2)cc1. The van der Waals surface area contributed by atoms with Gasteiger partial charge in [-0.1, -0.05) is 29.8 Å². The second kappa shape index (κ2) is 8.23. The van der Waals surface area contributed by atoms with E-state index in [2.05, 4.69) is 10.2 Å². The number of amides is 1. The van der Waals surface area contributed by atoms with Gasteiger partial charge in [-0.15, -0.1) is 0 Å². The van der Waals surface area contributed by atoms with Crippen molar-refractivity contribution in [3.63, 3.8) is 0 Å². The predicted molar refractivity (Wildman–Crippen MR) is 99.7 cm³/mol. The van der Waals surface area contributed by atoms with Gasteiger partial charge in [0.25, 0.3) is 0 Å². The average molecular weight is 354 g/mol. The van der Waals surface area contributed by atoms with Crippen LogP contribution in [0, 0.1) is 18.7 Å². The Kier molecular flexibility index (Phi) is 5.78. The van der Waals surface area contributed by atoms with Crippen LogP contribution in [0.3, 0.4) is 0 Å². The Hall–Kier alpha value is -2.53. The van der Waals surface area contributed by atoms with Gasteiger partial charge < -0.3 is 5.32 Å². The maximum absolute atomic E-state index is 12.9. The molecule has 2 aromatic carbocycles. The fourth-order valence-corrected chi connectivity index (χ4v) is 3.24. The number of rotatable bonds is 5. The molecule has 0 spiro atoms. The van der Waals surface area contributed by atoms with E-state index in [1.54, 1.807) is 12.1 Å². The number of hydrogen-bond donors (Lipinski definition) is 1. The zero-order valence-corrected chi connectivity index (χ0v) is 14.9. The summed E-state index contributed by atoms with van der Waals surface area (Å²) in [6, 6.07) is 13.4.